The first-order chi connectivity index (χ1) is 23.6. The zero-order valence-corrected chi connectivity index (χ0v) is 29.6. The van der Waals surface area contributed by atoms with Gasteiger partial charge < -0.3 is 14.2 Å². The standard InChI is InChI=1S/C37H32BrN3O7S/c1-5-46-30-17-23(16-28(38)34(30)48-20-26-12-9-11-24-10-7-8-13-27(24)26)18-31-35(42)40-33(25-15-14-21(3)29(19-25)41(44)45)32(36(43)47-6-2)22(4)39-37(40)49-31/h7-19,33H,5-6,20H2,1-4H3/b31-18+/t33-/m1/s1. The van der Waals surface area contributed by atoms with Crippen LogP contribution in [-0.2, 0) is 16.1 Å². The van der Waals surface area contributed by atoms with Crippen molar-refractivity contribution in [1.29, 1.82) is 0 Å². The number of nitro groups is 1. The van der Waals surface area contributed by atoms with Crippen LogP contribution >= 0.6 is 27.3 Å². The number of allylic oxidation sites excluding steroid dienone is 1. The fraction of sp³-hybridized carbons (Fsp3) is 0.216. The maximum atomic E-state index is 14.2. The molecule has 0 radical (unpaired) electrons. The Labute approximate surface area is 293 Å². The Morgan fingerprint density at radius 2 is 1.82 bits per heavy atom. The van der Waals surface area contributed by atoms with Crippen molar-refractivity contribution >= 4 is 55.8 Å². The first-order valence-electron chi connectivity index (χ1n) is 15.6. The smallest absolute Gasteiger partial charge is 0.338 e. The van der Waals surface area contributed by atoms with E-state index in [4.69, 9.17) is 14.2 Å². The van der Waals surface area contributed by atoms with Crippen LogP contribution in [0.15, 0.2) is 98.3 Å². The van der Waals surface area contributed by atoms with E-state index in [0.717, 1.165) is 27.7 Å². The molecule has 0 aliphatic carbocycles. The maximum Gasteiger partial charge on any atom is 0.338 e. The van der Waals surface area contributed by atoms with Gasteiger partial charge in [0.1, 0.15) is 6.61 Å². The second kappa shape index (κ2) is 14.2. The van der Waals surface area contributed by atoms with Gasteiger partial charge in [-0.15, -0.1) is 0 Å². The highest BCUT2D eigenvalue weighted by molar-refractivity contribution is 9.10. The number of aromatic nitrogens is 1. The number of benzene rings is 4. The fourth-order valence-corrected chi connectivity index (χ4v) is 7.51. The molecule has 0 bridgehead atoms. The van der Waals surface area contributed by atoms with E-state index in [9.17, 15) is 19.7 Å². The van der Waals surface area contributed by atoms with Gasteiger partial charge in [0, 0.05) is 11.6 Å². The Bertz CT molecular complexity index is 2340. The summed E-state index contributed by atoms with van der Waals surface area (Å²) < 4.78 is 20.1. The number of nitrogens with zero attached hydrogens (tertiary/aromatic N) is 3. The van der Waals surface area contributed by atoms with Gasteiger partial charge in [-0.3, -0.25) is 19.5 Å². The predicted octanol–water partition coefficient (Wildman–Crippen LogP) is 6.91. The molecule has 0 saturated heterocycles. The van der Waals surface area contributed by atoms with Gasteiger partial charge >= 0.3 is 5.97 Å². The number of rotatable bonds is 10. The summed E-state index contributed by atoms with van der Waals surface area (Å²) in [6.45, 7) is 7.68. The van der Waals surface area contributed by atoms with E-state index in [1.165, 1.54) is 10.6 Å². The summed E-state index contributed by atoms with van der Waals surface area (Å²) in [6, 6.07) is 21.6. The number of halogens is 1. The van der Waals surface area contributed by atoms with Crippen molar-refractivity contribution in [3.05, 3.63) is 141 Å². The van der Waals surface area contributed by atoms with Crippen LogP contribution in [0.2, 0.25) is 0 Å². The van der Waals surface area contributed by atoms with Gasteiger partial charge in [0.15, 0.2) is 16.3 Å². The molecule has 12 heteroatoms. The topological polar surface area (TPSA) is 122 Å². The van der Waals surface area contributed by atoms with Gasteiger partial charge in [0.25, 0.3) is 11.2 Å². The molecular weight excluding hydrogens is 710 g/mol. The molecule has 1 atom stereocenters. The second-order valence-corrected chi connectivity index (χ2v) is 13.2. The normalized spacial score (nSPS) is 14.4. The first kappa shape index (κ1) is 33.8. The molecule has 6 rings (SSSR count). The van der Waals surface area contributed by atoms with E-state index in [-0.39, 0.29) is 17.9 Å². The molecule has 0 amide bonds. The minimum Gasteiger partial charge on any atom is -0.490 e. The van der Waals surface area contributed by atoms with Crippen LogP contribution in [0.5, 0.6) is 11.5 Å². The number of aryl methyl sites for hydroxylation is 1. The number of ether oxygens (including phenoxy) is 3. The minimum absolute atomic E-state index is 0.111. The molecule has 250 valence electrons. The summed E-state index contributed by atoms with van der Waals surface area (Å²) in [6.07, 6.45) is 1.73. The van der Waals surface area contributed by atoms with Crippen molar-refractivity contribution in [1.82, 2.24) is 4.57 Å². The van der Waals surface area contributed by atoms with Crippen molar-refractivity contribution in [2.24, 2.45) is 4.99 Å². The minimum atomic E-state index is -0.979. The van der Waals surface area contributed by atoms with Gasteiger partial charge in [-0.05, 0) is 89.3 Å². The lowest BCUT2D eigenvalue weighted by Crippen LogP contribution is -2.40. The van der Waals surface area contributed by atoms with Gasteiger partial charge in [0.2, 0.25) is 0 Å². The van der Waals surface area contributed by atoms with Crippen molar-refractivity contribution < 1.29 is 23.9 Å². The molecule has 0 N–H and O–H groups in total. The number of thiazole rings is 1. The number of carbonyl (C=O) groups is 1. The molecule has 0 fully saturated rings. The third-order valence-electron chi connectivity index (χ3n) is 8.14. The zero-order chi connectivity index (χ0) is 34.8. The van der Waals surface area contributed by atoms with E-state index >= 15 is 0 Å². The third kappa shape index (κ3) is 6.66. The molecule has 1 aliphatic heterocycles. The van der Waals surface area contributed by atoms with E-state index in [1.807, 2.05) is 37.3 Å². The van der Waals surface area contributed by atoms with Crippen molar-refractivity contribution in [2.75, 3.05) is 13.2 Å². The Morgan fingerprint density at radius 1 is 1.04 bits per heavy atom. The van der Waals surface area contributed by atoms with Gasteiger partial charge in [-0.1, -0.05) is 65.9 Å². The molecule has 1 aromatic heterocycles. The summed E-state index contributed by atoms with van der Waals surface area (Å²) in [5.74, 6) is 0.390. The highest BCUT2D eigenvalue weighted by atomic mass is 79.9. The zero-order valence-electron chi connectivity index (χ0n) is 27.2. The average molecular weight is 743 g/mol. The molecule has 4 aromatic carbocycles. The Balaban J connectivity index is 1.43. The van der Waals surface area contributed by atoms with Gasteiger partial charge in [-0.25, -0.2) is 9.79 Å². The molecular formula is C37H32BrN3O7S. The average Bonchev–Trinajstić information content (AvgIpc) is 3.37. The lowest BCUT2D eigenvalue weighted by molar-refractivity contribution is -0.385. The summed E-state index contributed by atoms with van der Waals surface area (Å²) in [7, 11) is 0. The first-order valence-corrected chi connectivity index (χ1v) is 17.2. The van der Waals surface area contributed by atoms with E-state index in [0.29, 0.717) is 60.9 Å². The van der Waals surface area contributed by atoms with Crippen LogP contribution in [0, 0.1) is 17.0 Å². The van der Waals surface area contributed by atoms with Crippen LogP contribution in [0.3, 0.4) is 0 Å². The van der Waals surface area contributed by atoms with E-state index < -0.39 is 22.5 Å². The molecule has 2 heterocycles. The van der Waals surface area contributed by atoms with E-state index in [1.54, 1.807) is 45.0 Å². The van der Waals surface area contributed by atoms with E-state index in [2.05, 4.69) is 39.1 Å². The van der Waals surface area contributed by atoms with Crippen molar-refractivity contribution in [3.63, 3.8) is 0 Å². The lowest BCUT2D eigenvalue weighted by atomic mass is 9.94. The van der Waals surface area contributed by atoms with Crippen LogP contribution in [0.4, 0.5) is 5.69 Å². The largest absolute Gasteiger partial charge is 0.490 e. The second-order valence-electron chi connectivity index (χ2n) is 11.3. The third-order valence-corrected chi connectivity index (χ3v) is 9.72. The number of hydrogen-bond donors (Lipinski definition) is 0. The lowest BCUT2D eigenvalue weighted by Gasteiger charge is -2.24. The molecule has 0 unspecified atom stereocenters. The number of fused-ring (bicyclic) bond motifs is 2. The van der Waals surface area contributed by atoms with Gasteiger partial charge in [-0.2, -0.15) is 0 Å². The molecule has 0 saturated carbocycles. The summed E-state index contributed by atoms with van der Waals surface area (Å²) >= 11 is 4.81. The predicted molar refractivity (Wildman–Crippen MR) is 192 cm³/mol. The Morgan fingerprint density at radius 3 is 2.57 bits per heavy atom. The summed E-state index contributed by atoms with van der Waals surface area (Å²) in [5.41, 5.74) is 2.55. The molecule has 5 aromatic rings. The van der Waals surface area contributed by atoms with Crippen molar-refractivity contribution in [2.45, 2.75) is 40.3 Å². The van der Waals surface area contributed by atoms with Crippen molar-refractivity contribution in [3.8, 4) is 11.5 Å². The molecule has 1 aliphatic rings. The number of nitro benzene ring substituents is 1. The fourth-order valence-electron chi connectivity index (χ4n) is 5.89. The van der Waals surface area contributed by atoms with Crippen LogP contribution in [0.1, 0.15) is 49.1 Å². The molecule has 10 nitrogen and oxygen atoms in total. The maximum absolute atomic E-state index is 14.2. The SMILES string of the molecule is CCOC(=O)C1=C(C)N=c2s/c(=C/c3cc(Br)c(OCc4cccc5ccccc45)c(OCC)c3)c(=O)n2[C@@H]1c1ccc(C)c([N+](=O)[O-])c1. The van der Waals surface area contributed by atoms with Crippen LogP contribution in [-0.4, -0.2) is 28.7 Å². The molecule has 0 spiro atoms. The van der Waals surface area contributed by atoms with Crippen LogP contribution in [0.25, 0.3) is 16.8 Å². The summed E-state index contributed by atoms with van der Waals surface area (Å²) in [4.78, 5) is 43.7. The number of carbonyl (C=O) groups excluding carboxylic acids is 1. The monoisotopic (exact) mass is 741 g/mol. The Kier molecular flexibility index (Phi) is 9.79. The molecule has 49 heavy (non-hydrogen) atoms. The highest BCUT2D eigenvalue weighted by Gasteiger charge is 2.34. The van der Waals surface area contributed by atoms with Crippen LogP contribution < -0.4 is 24.4 Å². The summed E-state index contributed by atoms with van der Waals surface area (Å²) in [5, 5.41) is 14.1. The number of hydrogen-bond acceptors (Lipinski definition) is 9. The highest BCUT2D eigenvalue weighted by Crippen LogP contribution is 2.38. The Hall–Kier alpha value is -5.07. The number of esters is 1. The van der Waals surface area contributed by atoms with Gasteiger partial charge in [0.05, 0.1) is 44.5 Å². The quantitative estimate of drug-likeness (QED) is 0.0867.